The van der Waals surface area contributed by atoms with E-state index in [1.807, 2.05) is 86.0 Å². The molecule has 0 aliphatic carbocycles. The SMILES string of the molecule is C=NC(=N/C=C(\C)c1cc(-c2cnc(-c3ccccc3)nc2)nc(-n2c3ccccc3c3ccc4c5ccccc5n(-c5ccccc5)c4c32)n1)c1ccccc1. The van der Waals surface area contributed by atoms with Gasteiger partial charge in [-0.3, -0.25) is 4.57 Å². The summed E-state index contributed by atoms with van der Waals surface area (Å²) in [5.41, 5.74) is 10.0. The van der Waals surface area contributed by atoms with Gasteiger partial charge in [-0.1, -0.05) is 127 Å². The smallest absolute Gasteiger partial charge is 0.235 e. The fourth-order valence-corrected chi connectivity index (χ4v) is 7.65. The van der Waals surface area contributed by atoms with Crippen molar-refractivity contribution >= 4 is 61.7 Å². The molecule has 0 unspecified atom stereocenters. The third kappa shape index (κ3) is 5.88. The van der Waals surface area contributed by atoms with Crippen LogP contribution in [0.15, 0.2) is 186 Å². The van der Waals surface area contributed by atoms with Gasteiger partial charge in [0.05, 0.1) is 33.5 Å². The van der Waals surface area contributed by atoms with Crippen molar-refractivity contribution in [3.8, 4) is 34.3 Å². The van der Waals surface area contributed by atoms with Gasteiger partial charge in [-0.15, -0.1) is 0 Å². The lowest BCUT2D eigenvalue weighted by Gasteiger charge is -2.13. The highest BCUT2D eigenvalue weighted by molar-refractivity contribution is 6.23. The van der Waals surface area contributed by atoms with Gasteiger partial charge < -0.3 is 4.57 Å². The molecule has 0 saturated heterocycles. The molecule has 8 nitrogen and oxygen atoms in total. The molecule has 270 valence electrons. The van der Waals surface area contributed by atoms with E-state index in [4.69, 9.17) is 24.9 Å². The van der Waals surface area contributed by atoms with E-state index in [0.717, 1.165) is 66.2 Å². The molecule has 0 bridgehead atoms. The van der Waals surface area contributed by atoms with Crippen molar-refractivity contribution in [2.45, 2.75) is 6.92 Å². The summed E-state index contributed by atoms with van der Waals surface area (Å²) >= 11 is 0. The standard InChI is InChI=1S/C49H34N8/c1-32(29-51-47(50-2)33-16-6-3-7-17-33)41-28-42(35-30-52-48(53-31-35)34-18-8-4-9-19-34)55-49(54-41)57-44-25-15-13-23-38(44)40-27-26-39-37-22-12-14-24-43(37)56(45(39)46(40)57)36-20-10-5-11-21-36/h3-31H,2H2,1H3/b32-29+,51-47?. The van der Waals surface area contributed by atoms with Gasteiger partial charge in [0, 0.05) is 62.5 Å². The van der Waals surface area contributed by atoms with E-state index in [1.54, 1.807) is 6.20 Å². The van der Waals surface area contributed by atoms with Crippen LogP contribution in [0.1, 0.15) is 18.2 Å². The Morgan fingerprint density at radius 1 is 0.579 bits per heavy atom. The maximum absolute atomic E-state index is 5.32. The summed E-state index contributed by atoms with van der Waals surface area (Å²) in [6.07, 6.45) is 5.45. The topological polar surface area (TPSA) is 86.1 Å². The minimum Gasteiger partial charge on any atom is -0.307 e. The Bertz CT molecular complexity index is 3180. The van der Waals surface area contributed by atoms with Crippen molar-refractivity contribution in [3.05, 3.63) is 188 Å². The Morgan fingerprint density at radius 2 is 1.14 bits per heavy atom. The number of aliphatic imine (C=N–C) groups is 2. The Labute approximate surface area is 328 Å². The van der Waals surface area contributed by atoms with E-state index in [2.05, 4.69) is 112 Å². The molecular formula is C49H34N8. The summed E-state index contributed by atoms with van der Waals surface area (Å²) < 4.78 is 4.56. The predicted molar refractivity (Wildman–Crippen MR) is 233 cm³/mol. The fourth-order valence-electron chi connectivity index (χ4n) is 7.65. The second-order valence-electron chi connectivity index (χ2n) is 13.8. The molecule has 4 aromatic heterocycles. The van der Waals surface area contributed by atoms with Crippen LogP contribution in [0.5, 0.6) is 0 Å². The van der Waals surface area contributed by atoms with Crippen LogP contribution in [-0.4, -0.2) is 41.6 Å². The first-order valence-electron chi connectivity index (χ1n) is 18.7. The van der Waals surface area contributed by atoms with E-state index < -0.39 is 0 Å². The lowest BCUT2D eigenvalue weighted by atomic mass is 10.1. The molecule has 8 heteroatoms. The van der Waals surface area contributed by atoms with Crippen molar-refractivity contribution < 1.29 is 0 Å². The summed E-state index contributed by atoms with van der Waals surface area (Å²) in [6, 6.07) is 53.8. The zero-order valence-electron chi connectivity index (χ0n) is 31.0. The fraction of sp³-hybridized carbons (Fsp3) is 0.0204. The second kappa shape index (κ2) is 14.1. The lowest BCUT2D eigenvalue weighted by molar-refractivity contribution is 0.979. The maximum atomic E-state index is 5.32. The zero-order chi connectivity index (χ0) is 38.3. The highest BCUT2D eigenvalue weighted by Crippen LogP contribution is 2.41. The molecule has 10 rings (SSSR count). The number of fused-ring (bicyclic) bond motifs is 7. The van der Waals surface area contributed by atoms with E-state index in [0.29, 0.717) is 29.0 Å². The third-order valence-corrected chi connectivity index (χ3v) is 10.3. The first-order chi connectivity index (χ1) is 28.2. The molecule has 0 fully saturated rings. The van der Waals surface area contributed by atoms with Gasteiger partial charge in [-0.2, -0.15) is 0 Å². The van der Waals surface area contributed by atoms with Gasteiger partial charge >= 0.3 is 0 Å². The number of rotatable bonds is 7. The number of nitrogens with zero attached hydrogens (tertiary/aromatic N) is 8. The third-order valence-electron chi connectivity index (χ3n) is 10.3. The van der Waals surface area contributed by atoms with Crippen molar-refractivity contribution in [2.24, 2.45) is 9.98 Å². The normalized spacial score (nSPS) is 12.2. The lowest BCUT2D eigenvalue weighted by Crippen LogP contribution is -2.06. The summed E-state index contributed by atoms with van der Waals surface area (Å²) in [7, 11) is 0. The Balaban J connectivity index is 1.26. The molecular weight excluding hydrogens is 701 g/mol. The minimum absolute atomic E-state index is 0.514. The van der Waals surface area contributed by atoms with Crippen LogP contribution >= 0.6 is 0 Å². The molecule has 0 amide bonds. The molecule has 0 N–H and O–H groups in total. The Morgan fingerprint density at radius 3 is 1.79 bits per heavy atom. The van der Waals surface area contributed by atoms with Gasteiger partial charge in [0.1, 0.15) is 0 Å². The van der Waals surface area contributed by atoms with Gasteiger partial charge in [-0.25, -0.2) is 29.9 Å². The van der Waals surface area contributed by atoms with E-state index in [9.17, 15) is 0 Å². The molecule has 0 aliphatic heterocycles. The minimum atomic E-state index is 0.514. The number of para-hydroxylation sites is 3. The van der Waals surface area contributed by atoms with Crippen LogP contribution in [0, 0.1) is 0 Å². The van der Waals surface area contributed by atoms with E-state index >= 15 is 0 Å². The summed E-state index contributed by atoms with van der Waals surface area (Å²) in [5, 5.41) is 4.52. The van der Waals surface area contributed by atoms with Gasteiger partial charge in [0.2, 0.25) is 5.95 Å². The van der Waals surface area contributed by atoms with Crippen LogP contribution in [0.4, 0.5) is 0 Å². The number of aromatic nitrogens is 6. The highest BCUT2D eigenvalue weighted by Gasteiger charge is 2.23. The molecule has 0 aliphatic rings. The van der Waals surface area contributed by atoms with E-state index in [-0.39, 0.29) is 0 Å². The second-order valence-corrected chi connectivity index (χ2v) is 13.8. The first-order valence-corrected chi connectivity index (χ1v) is 18.7. The van der Waals surface area contributed by atoms with Crippen molar-refractivity contribution in [1.82, 2.24) is 29.1 Å². The molecule has 4 heterocycles. The zero-order valence-corrected chi connectivity index (χ0v) is 31.0. The van der Waals surface area contributed by atoms with Crippen molar-refractivity contribution in [2.75, 3.05) is 0 Å². The predicted octanol–water partition coefficient (Wildman–Crippen LogP) is 11.3. The highest BCUT2D eigenvalue weighted by atomic mass is 15.2. The van der Waals surface area contributed by atoms with Crippen molar-refractivity contribution in [3.63, 3.8) is 0 Å². The van der Waals surface area contributed by atoms with Crippen molar-refractivity contribution in [1.29, 1.82) is 0 Å². The molecule has 0 saturated carbocycles. The molecule has 0 atom stereocenters. The Kier molecular flexibility index (Phi) is 8.34. The number of allylic oxidation sites excluding steroid dienone is 1. The first kappa shape index (κ1) is 33.7. The number of amidine groups is 1. The number of hydrogen-bond acceptors (Lipinski definition) is 5. The molecule has 0 spiro atoms. The quantitative estimate of drug-likeness (QED) is 0.120. The number of benzene rings is 6. The van der Waals surface area contributed by atoms with Crippen LogP contribution in [0.25, 0.3) is 83.5 Å². The van der Waals surface area contributed by atoms with E-state index in [1.165, 1.54) is 5.39 Å². The van der Waals surface area contributed by atoms with Gasteiger partial charge in [-0.05, 0) is 49.5 Å². The molecule has 57 heavy (non-hydrogen) atoms. The largest absolute Gasteiger partial charge is 0.307 e. The van der Waals surface area contributed by atoms with Gasteiger partial charge in [0.25, 0.3) is 0 Å². The molecule has 10 aromatic rings. The van der Waals surface area contributed by atoms with Gasteiger partial charge in [0.15, 0.2) is 11.7 Å². The molecule has 6 aromatic carbocycles. The number of hydrogen-bond donors (Lipinski definition) is 0. The average molecular weight is 735 g/mol. The van der Waals surface area contributed by atoms with Crippen LogP contribution < -0.4 is 0 Å². The summed E-state index contributed by atoms with van der Waals surface area (Å²) in [5.74, 6) is 1.68. The molecule has 0 radical (unpaired) electrons. The monoisotopic (exact) mass is 734 g/mol. The van der Waals surface area contributed by atoms with Crippen LogP contribution in [0.2, 0.25) is 0 Å². The average Bonchev–Trinajstić information content (AvgIpc) is 3.81. The Hall–Kier alpha value is -7.84. The van der Waals surface area contributed by atoms with Crippen LogP contribution in [-0.2, 0) is 0 Å². The maximum Gasteiger partial charge on any atom is 0.235 e. The van der Waals surface area contributed by atoms with Crippen LogP contribution in [0.3, 0.4) is 0 Å². The summed E-state index contributed by atoms with van der Waals surface area (Å²) in [4.78, 5) is 29.2. The summed E-state index contributed by atoms with van der Waals surface area (Å²) in [6.45, 7) is 5.79.